The summed E-state index contributed by atoms with van der Waals surface area (Å²) in [6.45, 7) is 4.88. The molecule has 0 unspecified atom stereocenters. The highest BCUT2D eigenvalue weighted by Crippen LogP contribution is 2.38. The van der Waals surface area contributed by atoms with Crippen LogP contribution in [-0.2, 0) is 0 Å². The summed E-state index contributed by atoms with van der Waals surface area (Å²) in [5.41, 5.74) is 1.40. The SMILES string of the molecule is CCSC(SCC)[C@@H]1CCCN1C(=O)c1ccc(-c2nc3ccc(OC)cc3s2)cc1[N+](=O)[O-]. The number of nitrogens with zero attached hydrogens (tertiary/aromatic N) is 3. The van der Waals surface area contributed by atoms with Crippen molar-refractivity contribution in [1.82, 2.24) is 9.88 Å². The van der Waals surface area contributed by atoms with Crippen molar-refractivity contribution in [1.29, 1.82) is 0 Å². The Morgan fingerprint density at radius 3 is 2.71 bits per heavy atom. The number of ether oxygens (including phenoxy) is 1. The second kappa shape index (κ2) is 11.0. The monoisotopic (exact) mass is 517 g/mol. The van der Waals surface area contributed by atoms with Gasteiger partial charge in [-0.3, -0.25) is 14.9 Å². The van der Waals surface area contributed by atoms with Gasteiger partial charge >= 0.3 is 0 Å². The molecule has 0 saturated carbocycles. The van der Waals surface area contributed by atoms with E-state index >= 15 is 0 Å². The lowest BCUT2D eigenvalue weighted by atomic mass is 10.1. The maximum atomic E-state index is 13.5. The minimum atomic E-state index is -0.461. The fraction of sp³-hybridized carbons (Fsp3) is 0.417. The van der Waals surface area contributed by atoms with Crippen LogP contribution in [0.1, 0.15) is 37.0 Å². The summed E-state index contributed by atoms with van der Waals surface area (Å²) in [6, 6.07) is 10.5. The van der Waals surface area contributed by atoms with Crippen LogP contribution in [0.15, 0.2) is 36.4 Å². The first-order chi connectivity index (χ1) is 16.5. The smallest absolute Gasteiger partial charge is 0.282 e. The van der Waals surface area contributed by atoms with Gasteiger partial charge in [-0.25, -0.2) is 4.98 Å². The number of hydrogen-bond acceptors (Lipinski definition) is 8. The van der Waals surface area contributed by atoms with Crippen molar-refractivity contribution in [3.05, 3.63) is 52.1 Å². The summed E-state index contributed by atoms with van der Waals surface area (Å²) in [7, 11) is 1.61. The van der Waals surface area contributed by atoms with Crippen LogP contribution in [-0.4, -0.2) is 56.5 Å². The maximum Gasteiger partial charge on any atom is 0.282 e. The third-order valence-corrected chi connectivity index (χ3v) is 9.64. The number of nitro benzene ring substituents is 1. The number of thioether (sulfide) groups is 2. The molecular weight excluding hydrogens is 490 g/mol. The first-order valence-corrected chi connectivity index (χ1v) is 14.2. The Kier molecular flexibility index (Phi) is 8.00. The predicted molar refractivity (Wildman–Crippen MR) is 142 cm³/mol. The Morgan fingerprint density at radius 2 is 2.03 bits per heavy atom. The largest absolute Gasteiger partial charge is 0.497 e. The van der Waals surface area contributed by atoms with Gasteiger partial charge in [-0.2, -0.15) is 0 Å². The van der Waals surface area contributed by atoms with E-state index in [4.69, 9.17) is 4.74 Å². The first kappa shape index (κ1) is 24.8. The fourth-order valence-corrected chi connectivity index (χ4v) is 8.09. The molecule has 2 aromatic carbocycles. The zero-order chi connectivity index (χ0) is 24.2. The Labute approximate surface area is 211 Å². The number of aromatic nitrogens is 1. The van der Waals surface area contributed by atoms with Crippen molar-refractivity contribution >= 4 is 56.7 Å². The van der Waals surface area contributed by atoms with Gasteiger partial charge in [0.2, 0.25) is 0 Å². The van der Waals surface area contributed by atoms with Crippen LogP contribution in [0, 0.1) is 10.1 Å². The van der Waals surface area contributed by atoms with E-state index in [1.807, 2.05) is 46.6 Å². The lowest BCUT2D eigenvalue weighted by Crippen LogP contribution is -2.41. The number of carbonyl (C=O) groups excluding carboxylic acids is 1. The van der Waals surface area contributed by atoms with Gasteiger partial charge in [0.05, 0.1) is 32.9 Å². The minimum absolute atomic E-state index is 0.0842. The molecule has 0 spiro atoms. The third-order valence-electron chi connectivity index (χ3n) is 5.80. The molecule has 0 radical (unpaired) electrons. The van der Waals surface area contributed by atoms with E-state index < -0.39 is 4.92 Å². The molecule has 1 amide bonds. The highest BCUT2D eigenvalue weighted by molar-refractivity contribution is 8.17. The molecule has 2 heterocycles. The van der Waals surface area contributed by atoms with Gasteiger partial charge in [0.25, 0.3) is 11.6 Å². The van der Waals surface area contributed by atoms with E-state index in [1.54, 1.807) is 19.2 Å². The molecule has 4 rings (SSSR count). The topological polar surface area (TPSA) is 85.6 Å². The normalized spacial score (nSPS) is 15.9. The highest BCUT2D eigenvalue weighted by atomic mass is 32.2. The van der Waals surface area contributed by atoms with Crippen LogP contribution in [0.25, 0.3) is 20.8 Å². The zero-order valence-corrected chi connectivity index (χ0v) is 21.8. The molecule has 10 heteroatoms. The number of hydrogen-bond donors (Lipinski definition) is 0. The number of likely N-dealkylation sites (tertiary alicyclic amines) is 1. The lowest BCUT2D eigenvalue weighted by Gasteiger charge is -2.30. The molecule has 34 heavy (non-hydrogen) atoms. The average Bonchev–Trinajstić information content (AvgIpc) is 3.50. The average molecular weight is 518 g/mol. The summed E-state index contributed by atoms with van der Waals surface area (Å²) >= 11 is 5.14. The first-order valence-electron chi connectivity index (χ1n) is 11.2. The number of fused-ring (bicyclic) bond motifs is 1. The summed E-state index contributed by atoms with van der Waals surface area (Å²) in [4.78, 5) is 31.5. The van der Waals surface area contributed by atoms with Gasteiger partial charge in [-0.15, -0.1) is 34.9 Å². The molecule has 1 saturated heterocycles. The lowest BCUT2D eigenvalue weighted by molar-refractivity contribution is -0.385. The summed E-state index contributed by atoms with van der Waals surface area (Å²) in [5, 5.41) is 12.7. The Bertz CT molecular complexity index is 1190. The number of carbonyl (C=O) groups is 1. The van der Waals surface area contributed by atoms with Gasteiger partial charge in [0.1, 0.15) is 16.3 Å². The van der Waals surface area contributed by atoms with Gasteiger partial charge < -0.3 is 9.64 Å². The third kappa shape index (κ3) is 5.04. The van der Waals surface area contributed by atoms with Crippen molar-refractivity contribution in [3.63, 3.8) is 0 Å². The Morgan fingerprint density at radius 1 is 1.26 bits per heavy atom. The molecule has 7 nitrogen and oxygen atoms in total. The highest BCUT2D eigenvalue weighted by Gasteiger charge is 2.37. The second-order valence-corrected chi connectivity index (χ2v) is 12.0. The van der Waals surface area contributed by atoms with Crippen LogP contribution in [0.4, 0.5) is 5.69 Å². The standard InChI is InChI=1S/C24H27N3O4S3/c1-4-32-24(33-5-2)19-7-6-12-26(19)23(28)17-10-8-15(13-20(17)27(29)30)22-25-18-11-9-16(31-3)14-21(18)34-22/h8-11,13-14,19,24H,4-7,12H2,1-3H3/t19-/m0/s1. The van der Waals surface area contributed by atoms with Crippen molar-refractivity contribution < 1.29 is 14.5 Å². The molecule has 1 fully saturated rings. The quantitative estimate of drug-likeness (QED) is 0.187. The van der Waals surface area contributed by atoms with Crippen LogP contribution >= 0.6 is 34.9 Å². The van der Waals surface area contributed by atoms with E-state index in [2.05, 4.69) is 18.8 Å². The van der Waals surface area contributed by atoms with Gasteiger partial charge in [0, 0.05) is 18.2 Å². The molecule has 1 aliphatic rings. The number of nitro groups is 1. The van der Waals surface area contributed by atoms with Crippen molar-refractivity contribution in [3.8, 4) is 16.3 Å². The summed E-state index contributed by atoms with van der Waals surface area (Å²) < 4.78 is 6.49. The van der Waals surface area contributed by atoms with E-state index in [1.165, 1.54) is 17.4 Å². The van der Waals surface area contributed by atoms with Crippen LogP contribution < -0.4 is 4.74 Å². The van der Waals surface area contributed by atoms with Crippen LogP contribution in [0.2, 0.25) is 0 Å². The van der Waals surface area contributed by atoms with E-state index in [0.717, 1.165) is 40.3 Å². The Balaban J connectivity index is 1.66. The van der Waals surface area contributed by atoms with Crippen molar-refractivity contribution in [2.45, 2.75) is 37.3 Å². The molecule has 3 aromatic rings. The number of benzene rings is 2. The van der Waals surface area contributed by atoms with Crippen molar-refractivity contribution in [2.75, 3.05) is 25.2 Å². The second-order valence-electron chi connectivity index (χ2n) is 7.83. The molecule has 0 N–H and O–H groups in total. The minimum Gasteiger partial charge on any atom is -0.497 e. The van der Waals surface area contributed by atoms with Gasteiger partial charge in [-0.1, -0.05) is 19.9 Å². The molecular formula is C24H27N3O4S3. The fourth-order valence-electron chi connectivity index (χ4n) is 4.23. The molecule has 1 aromatic heterocycles. The van der Waals surface area contributed by atoms with E-state index in [-0.39, 0.29) is 27.8 Å². The summed E-state index contributed by atoms with van der Waals surface area (Å²) in [6.07, 6.45) is 1.85. The zero-order valence-electron chi connectivity index (χ0n) is 19.4. The molecule has 1 aliphatic heterocycles. The van der Waals surface area contributed by atoms with Crippen LogP contribution in [0.3, 0.4) is 0 Å². The van der Waals surface area contributed by atoms with E-state index in [0.29, 0.717) is 17.1 Å². The molecule has 180 valence electrons. The van der Waals surface area contributed by atoms with Gasteiger partial charge in [0.15, 0.2) is 0 Å². The van der Waals surface area contributed by atoms with Gasteiger partial charge in [-0.05, 0) is 48.6 Å². The number of rotatable bonds is 9. The van der Waals surface area contributed by atoms with Crippen LogP contribution in [0.5, 0.6) is 5.75 Å². The molecule has 1 atom stereocenters. The van der Waals surface area contributed by atoms with Crippen molar-refractivity contribution in [2.24, 2.45) is 0 Å². The maximum absolute atomic E-state index is 13.5. The van der Waals surface area contributed by atoms with E-state index in [9.17, 15) is 14.9 Å². The number of thiazole rings is 1. The number of methoxy groups -OCH3 is 1. The Hall–Kier alpha value is -2.30. The number of amides is 1. The molecule has 0 bridgehead atoms. The molecule has 0 aliphatic carbocycles. The predicted octanol–water partition coefficient (Wildman–Crippen LogP) is 6.32. The summed E-state index contributed by atoms with van der Waals surface area (Å²) in [5.74, 6) is 2.42.